The van der Waals surface area contributed by atoms with E-state index in [1.807, 2.05) is 27.0 Å². The van der Waals surface area contributed by atoms with Crippen molar-refractivity contribution < 1.29 is 57.1 Å². The molecule has 1 unspecified atom stereocenters. The summed E-state index contributed by atoms with van der Waals surface area (Å²) in [6.07, 6.45) is 22.0. The van der Waals surface area contributed by atoms with E-state index in [0.29, 0.717) is 88.3 Å². The molecule has 0 radical (unpaired) electrons. The Morgan fingerprint density at radius 1 is 0.741 bits per heavy atom. The van der Waals surface area contributed by atoms with Crippen LogP contribution in [0.25, 0.3) is 0 Å². The molecule has 3 aromatic carbocycles. The van der Waals surface area contributed by atoms with Gasteiger partial charge in [0.05, 0.1) is 37.6 Å². The van der Waals surface area contributed by atoms with Crippen molar-refractivity contribution in [1.29, 1.82) is 5.26 Å². The molecule has 0 amide bonds. The number of ether oxygens (including phenoxy) is 8. The summed E-state index contributed by atoms with van der Waals surface area (Å²) >= 11 is 1.50. The molecule has 440 valence electrons. The predicted octanol–water partition coefficient (Wildman–Crippen LogP) is 12.2. The van der Waals surface area contributed by atoms with Crippen molar-refractivity contribution in [1.82, 2.24) is 15.1 Å². The maximum absolute atomic E-state index is 15.4. The number of unbranched alkanes of at least 4 members (excludes halogenated alkanes) is 16. The summed E-state index contributed by atoms with van der Waals surface area (Å²) in [4.78, 5) is 60.7. The Balaban J connectivity index is 1.09. The molecule has 4 bridgehead atoms. The van der Waals surface area contributed by atoms with Crippen molar-refractivity contribution in [3.63, 3.8) is 0 Å². The average Bonchev–Trinajstić information content (AvgIpc) is 3.84. The number of nitrogens with one attached hydrogen (secondary N) is 1. The zero-order chi connectivity index (χ0) is 57.4. The third kappa shape index (κ3) is 12.3. The van der Waals surface area contributed by atoms with Gasteiger partial charge >= 0.3 is 23.9 Å². The van der Waals surface area contributed by atoms with Crippen LogP contribution in [0.5, 0.6) is 40.2 Å². The monoisotopic (exact) mass is 1130 g/mol. The van der Waals surface area contributed by atoms with E-state index in [-0.39, 0.29) is 50.0 Å². The molecule has 0 aromatic heterocycles. The van der Waals surface area contributed by atoms with Crippen LogP contribution in [-0.4, -0.2) is 98.8 Å². The van der Waals surface area contributed by atoms with Gasteiger partial charge in [-0.2, -0.15) is 5.26 Å². The van der Waals surface area contributed by atoms with Gasteiger partial charge in [-0.15, -0.1) is 11.8 Å². The molecular weight excluding hydrogens is 1050 g/mol. The lowest BCUT2D eigenvalue weighted by atomic mass is 9.71. The zero-order valence-corrected chi connectivity index (χ0v) is 50.0. The van der Waals surface area contributed by atoms with Gasteiger partial charge < -0.3 is 37.9 Å². The van der Waals surface area contributed by atoms with Crippen LogP contribution in [0.2, 0.25) is 0 Å². The van der Waals surface area contributed by atoms with Crippen LogP contribution in [0.4, 0.5) is 0 Å². The SMILES string of the molecule is CCCCCCCCCCCCCCCC(=O)Oc1c(OC)c(C)cc2c1[C@@H]1C3[C@@H]4SC[C@]5(NCCc6cc(OC(=O)CCCCCCC)c(OC)cc65)C(=O)OC[C@@H](c5c6c(c(C)c(OC(C)=O)c54)OCO6)N3[C@@H](C#N)[C@@H](C2)N1C. The highest BCUT2D eigenvalue weighted by molar-refractivity contribution is 7.99. The van der Waals surface area contributed by atoms with Crippen LogP contribution in [0, 0.1) is 25.2 Å². The van der Waals surface area contributed by atoms with Gasteiger partial charge in [-0.05, 0) is 81.0 Å². The normalized spacial score (nSPS) is 23.3. The third-order valence-electron chi connectivity index (χ3n) is 17.8. The van der Waals surface area contributed by atoms with E-state index in [4.69, 9.17) is 37.9 Å². The van der Waals surface area contributed by atoms with Crippen molar-refractivity contribution in [3.05, 3.63) is 62.7 Å². The molecule has 81 heavy (non-hydrogen) atoms. The number of methoxy groups -OCH3 is 2. The number of hydrogen-bond donors (Lipinski definition) is 1. The molecule has 0 saturated carbocycles. The highest BCUT2D eigenvalue weighted by Gasteiger charge is 2.62. The molecule has 16 nitrogen and oxygen atoms in total. The van der Waals surface area contributed by atoms with E-state index in [9.17, 15) is 19.6 Å². The predicted molar refractivity (Wildman–Crippen MR) is 310 cm³/mol. The third-order valence-corrected chi connectivity index (χ3v) is 19.3. The first kappa shape index (κ1) is 60.1. The molecular formula is C64H86N4O12S. The van der Waals surface area contributed by atoms with Crippen LogP contribution in [-0.2, 0) is 42.3 Å². The van der Waals surface area contributed by atoms with Gasteiger partial charge in [-0.25, -0.2) is 4.79 Å². The molecule has 2 saturated heterocycles. The summed E-state index contributed by atoms with van der Waals surface area (Å²) in [5.74, 6) is 0.992. The number of rotatable bonds is 25. The van der Waals surface area contributed by atoms with Crippen LogP contribution in [0.1, 0.15) is 211 Å². The molecule has 7 aliphatic heterocycles. The van der Waals surface area contributed by atoms with Gasteiger partial charge in [0.15, 0.2) is 40.0 Å². The van der Waals surface area contributed by atoms with Crippen molar-refractivity contribution in [2.45, 2.75) is 217 Å². The van der Waals surface area contributed by atoms with Gasteiger partial charge in [0.1, 0.15) is 18.4 Å². The number of aryl methyl sites for hydroxylation is 1. The Hall–Kier alpha value is -5.54. The Kier molecular flexibility index (Phi) is 20.2. The Bertz CT molecular complexity index is 2830. The highest BCUT2D eigenvalue weighted by Crippen LogP contribution is 2.65. The van der Waals surface area contributed by atoms with Crippen molar-refractivity contribution >= 4 is 35.6 Å². The zero-order valence-electron chi connectivity index (χ0n) is 49.2. The molecule has 2 fully saturated rings. The van der Waals surface area contributed by atoms with Crippen LogP contribution >= 0.6 is 11.8 Å². The molecule has 7 heterocycles. The summed E-state index contributed by atoms with van der Waals surface area (Å²) in [5, 5.41) is 14.5. The van der Waals surface area contributed by atoms with Crippen LogP contribution in [0.15, 0.2) is 18.2 Å². The number of nitriles is 1. The van der Waals surface area contributed by atoms with Gasteiger partial charge in [-0.1, -0.05) is 123 Å². The molecule has 3 aromatic rings. The minimum atomic E-state index is -1.44. The first-order chi connectivity index (χ1) is 39.3. The summed E-state index contributed by atoms with van der Waals surface area (Å²) < 4.78 is 50.3. The number of piperazine rings is 1. The van der Waals surface area contributed by atoms with E-state index in [1.165, 1.54) is 83.6 Å². The number of benzene rings is 3. The molecule has 17 heteroatoms. The van der Waals surface area contributed by atoms with E-state index >= 15 is 4.79 Å². The summed E-state index contributed by atoms with van der Waals surface area (Å²) in [7, 11) is 5.15. The molecule has 0 aliphatic carbocycles. The number of carbonyl (C=O) groups is 4. The van der Waals surface area contributed by atoms with Crippen molar-refractivity contribution in [2.24, 2.45) is 0 Å². The first-order valence-electron chi connectivity index (χ1n) is 30.2. The van der Waals surface area contributed by atoms with Gasteiger partial charge in [0.2, 0.25) is 6.79 Å². The Labute approximate surface area is 483 Å². The summed E-state index contributed by atoms with van der Waals surface area (Å²) in [6.45, 7) is 9.69. The van der Waals surface area contributed by atoms with Crippen molar-refractivity contribution in [3.8, 4) is 46.3 Å². The van der Waals surface area contributed by atoms with Crippen LogP contribution in [0.3, 0.4) is 0 Å². The van der Waals surface area contributed by atoms with Crippen molar-refractivity contribution in [2.75, 3.05) is 47.0 Å². The minimum Gasteiger partial charge on any atom is -0.493 e. The molecule has 1 spiro atoms. The smallest absolute Gasteiger partial charge is 0.331 e. The quantitative estimate of drug-likeness (QED) is 0.0479. The average molecular weight is 1140 g/mol. The van der Waals surface area contributed by atoms with E-state index < -0.39 is 46.9 Å². The maximum atomic E-state index is 15.4. The lowest BCUT2D eigenvalue weighted by molar-refractivity contribution is -0.157. The number of nitrogens with zero attached hydrogens (tertiary/aromatic N) is 3. The van der Waals surface area contributed by atoms with Gasteiger partial charge in [-0.3, -0.25) is 29.5 Å². The second-order valence-corrected chi connectivity index (χ2v) is 24.3. The first-order valence-corrected chi connectivity index (χ1v) is 31.3. The standard InChI is InChI=1S/C64H86N4O12S/c1-9-11-13-15-16-17-18-19-20-21-22-24-26-28-51(71)80-61-52-43(31-39(3)57(61)74-8)32-45-46(35-65)68-47-36-75-63(72)64(44-34-48(73-7)49(33-42(44)29-30-66-64)79-50(70)27-25-23-14-12-10-2)37-81-62(56(68)55(52)67(45)6)54-53(47)60-59(76-38-77-60)40(4)58(54)78-41(5)69/h31,33-34,45-47,55-56,62,66H,9-30,32,36-38H2,1-8H3/t45-,46+,47+,55-,56?,62-,64-/m1/s1. The lowest BCUT2D eigenvalue weighted by Gasteiger charge is -2.62. The second kappa shape index (κ2) is 27.2. The van der Waals surface area contributed by atoms with Gasteiger partial charge in [0.25, 0.3) is 0 Å². The van der Waals surface area contributed by atoms with E-state index in [2.05, 4.69) is 41.1 Å². The topological polar surface area (TPSA) is 184 Å². The fraction of sp³-hybridized carbons (Fsp3) is 0.641. The fourth-order valence-corrected chi connectivity index (χ4v) is 15.5. The fourth-order valence-electron chi connectivity index (χ4n) is 13.8. The lowest BCUT2D eigenvalue weighted by Crippen LogP contribution is -2.69. The second-order valence-electron chi connectivity index (χ2n) is 23.2. The molecule has 1 N–H and O–H groups in total. The number of hydrogen-bond acceptors (Lipinski definition) is 17. The van der Waals surface area contributed by atoms with E-state index in [1.54, 1.807) is 13.2 Å². The largest absolute Gasteiger partial charge is 0.493 e. The van der Waals surface area contributed by atoms with Crippen LogP contribution < -0.4 is 38.5 Å². The van der Waals surface area contributed by atoms with E-state index in [0.717, 1.165) is 73.6 Å². The molecule has 7 atom stereocenters. The van der Waals surface area contributed by atoms with Gasteiger partial charge in [0, 0.05) is 66.4 Å². The number of carbonyl (C=O) groups excluding carboxylic acids is 4. The number of likely N-dealkylation sites (N-methyl/N-ethyl adjacent to an activating group) is 1. The number of esters is 4. The molecule has 10 rings (SSSR count). The number of fused-ring (bicyclic) bond motifs is 9. The minimum absolute atomic E-state index is 0.0853. The Morgan fingerprint density at radius 3 is 1.99 bits per heavy atom. The number of thioether (sulfide) groups is 1. The summed E-state index contributed by atoms with van der Waals surface area (Å²) in [6, 6.07) is 5.39. The Morgan fingerprint density at radius 2 is 1.37 bits per heavy atom. The maximum Gasteiger partial charge on any atom is 0.331 e. The highest BCUT2D eigenvalue weighted by atomic mass is 32.2. The summed E-state index contributed by atoms with van der Waals surface area (Å²) in [5.41, 5.74) is 4.44. The molecule has 7 aliphatic rings.